The van der Waals surface area contributed by atoms with E-state index >= 15 is 0 Å². The summed E-state index contributed by atoms with van der Waals surface area (Å²) >= 11 is 0. The summed E-state index contributed by atoms with van der Waals surface area (Å²) in [6.45, 7) is 1.95. The molecule has 1 aliphatic rings. The first-order valence-corrected chi connectivity index (χ1v) is 10.8. The molecule has 1 amide bonds. The maximum Gasteiger partial charge on any atom is 0.407 e. The largest absolute Gasteiger partial charge is 0.496 e. The lowest BCUT2D eigenvalue weighted by molar-refractivity contribution is 0.0362. The number of amides is 1. The van der Waals surface area contributed by atoms with Crippen LogP contribution in [-0.4, -0.2) is 47.9 Å². The third kappa shape index (κ3) is 4.75. The Hall–Kier alpha value is -3.38. The van der Waals surface area contributed by atoms with Crippen molar-refractivity contribution in [2.24, 2.45) is 0 Å². The first-order valence-electron chi connectivity index (χ1n) is 10.8. The molecule has 0 saturated carbocycles. The number of hydrogen-bond acceptors (Lipinski definition) is 4. The molecule has 32 heavy (non-hydrogen) atoms. The lowest BCUT2D eigenvalue weighted by atomic mass is 9.73. The Morgan fingerprint density at radius 3 is 2.41 bits per heavy atom. The van der Waals surface area contributed by atoms with E-state index in [1.165, 1.54) is 10.5 Å². The number of nitrogens with zero attached hydrogens (tertiary/aromatic N) is 2. The van der Waals surface area contributed by atoms with E-state index in [4.69, 9.17) is 9.47 Å². The third-order valence-electron chi connectivity index (χ3n) is 6.31. The molecule has 1 N–H and O–H groups in total. The number of piperidine rings is 1. The van der Waals surface area contributed by atoms with Gasteiger partial charge in [0.1, 0.15) is 5.75 Å². The van der Waals surface area contributed by atoms with E-state index < -0.39 is 6.09 Å². The van der Waals surface area contributed by atoms with Gasteiger partial charge < -0.3 is 19.5 Å². The van der Waals surface area contributed by atoms with Crippen molar-refractivity contribution in [2.75, 3.05) is 26.8 Å². The molecule has 6 heteroatoms. The van der Waals surface area contributed by atoms with Gasteiger partial charge in [0.25, 0.3) is 0 Å². The molecule has 1 fully saturated rings. The Kier molecular flexibility index (Phi) is 6.71. The van der Waals surface area contributed by atoms with Crippen molar-refractivity contribution in [1.82, 2.24) is 9.88 Å². The maximum atomic E-state index is 11.4. The van der Waals surface area contributed by atoms with E-state index in [2.05, 4.69) is 23.2 Å². The third-order valence-corrected chi connectivity index (χ3v) is 6.31. The van der Waals surface area contributed by atoms with Gasteiger partial charge in [-0.25, -0.2) is 4.79 Å². The second-order valence-electron chi connectivity index (χ2n) is 8.17. The highest BCUT2D eigenvalue weighted by molar-refractivity contribution is 5.65. The first kappa shape index (κ1) is 21.8. The maximum absolute atomic E-state index is 11.4. The van der Waals surface area contributed by atoms with Crippen LogP contribution in [0.5, 0.6) is 5.75 Å². The van der Waals surface area contributed by atoms with Gasteiger partial charge in [-0.3, -0.25) is 4.98 Å². The van der Waals surface area contributed by atoms with E-state index in [1.54, 1.807) is 19.5 Å². The minimum absolute atomic E-state index is 0.205. The fourth-order valence-corrected chi connectivity index (χ4v) is 4.41. The molecule has 1 aliphatic heterocycles. The molecule has 4 rings (SSSR count). The van der Waals surface area contributed by atoms with E-state index in [1.807, 2.05) is 42.5 Å². The molecule has 0 unspecified atom stereocenters. The average Bonchev–Trinajstić information content (AvgIpc) is 2.85. The summed E-state index contributed by atoms with van der Waals surface area (Å²) in [4.78, 5) is 17.0. The normalized spacial score (nSPS) is 15.3. The second-order valence-corrected chi connectivity index (χ2v) is 8.17. The fraction of sp³-hybridized carbons (Fsp3) is 0.308. The molecule has 0 aliphatic carbocycles. The van der Waals surface area contributed by atoms with Crippen LogP contribution in [0.25, 0.3) is 11.1 Å². The van der Waals surface area contributed by atoms with Crippen LogP contribution in [0, 0.1) is 0 Å². The average molecular weight is 433 g/mol. The van der Waals surface area contributed by atoms with Crippen LogP contribution < -0.4 is 4.74 Å². The summed E-state index contributed by atoms with van der Waals surface area (Å²) in [5.41, 5.74) is 4.14. The monoisotopic (exact) mass is 432 g/mol. The molecule has 1 saturated heterocycles. The van der Waals surface area contributed by atoms with E-state index in [9.17, 15) is 9.90 Å². The summed E-state index contributed by atoms with van der Waals surface area (Å²) < 4.78 is 11.9. The highest BCUT2D eigenvalue weighted by atomic mass is 16.5. The zero-order valence-corrected chi connectivity index (χ0v) is 18.2. The number of carbonyl (C=O) groups is 1. The Morgan fingerprint density at radius 2 is 1.75 bits per heavy atom. The van der Waals surface area contributed by atoms with Gasteiger partial charge in [-0.15, -0.1) is 0 Å². The second kappa shape index (κ2) is 9.83. The van der Waals surface area contributed by atoms with Gasteiger partial charge in [-0.1, -0.05) is 36.4 Å². The van der Waals surface area contributed by atoms with Crippen molar-refractivity contribution in [3.8, 4) is 16.9 Å². The van der Waals surface area contributed by atoms with Gasteiger partial charge in [0.05, 0.1) is 20.3 Å². The van der Waals surface area contributed by atoms with Crippen LogP contribution in [0.4, 0.5) is 4.79 Å². The predicted octanol–water partition coefficient (Wildman–Crippen LogP) is 4.99. The van der Waals surface area contributed by atoms with Crippen molar-refractivity contribution in [3.63, 3.8) is 0 Å². The molecule has 3 aromatic rings. The number of carboxylic acid groups (broad SMARTS) is 1. The molecular weight excluding hydrogens is 404 g/mol. The van der Waals surface area contributed by atoms with Gasteiger partial charge in [0.15, 0.2) is 0 Å². The lowest BCUT2D eigenvalue weighted by Crippen LogP contribution is -2.47. The number of pyridine rings is 1. The number of benzene rings is 2. The Morgan fingerprint density at radius 1 is 1.03 bits per heavy atom. The van der Waals surface area contributed by atoms with Crippen molar-refractivity contribution in [2.45, 2.75) is 24.9 Å². The lowest BCUT2D eigenvalue weighted by Gasteiger charge is -2.41. The Bertz CT molecular complexity index is 1030. The molecule has 6 nitrogen and oxygen atoms in total. The summed E-state index contributed by atoms with van der Waals surface area (Å²) in [7, 11) is 1.66. The summed E-state index contributed by atoms with van der Waals surface area (Å²) in [5, 5.41) is 9.36. The summed E-state index contributed by atoms with van der Waals surface area (Å²) in [6.07, 6.45) is 4.17. The van der Waals surface area contributed by atoms with Crippen LogP contribution in [0.1, 0.15) is 24.0 Å². The van der Waals surface area contributed by atoms with Crippen molar-refractivity contribution in [1.29, 1.82) is 0 Å². The highest BCUT2D eigenvalue weighted by Crippen LogP contribution is 2.36. The van der Waals surface area contributed by atoms with E-state index in [0.717, 1.165) is 35.3 Å². The predicted molar refractivity (Wildman–Crippen MR) is 123 cm³/mol. The SMILES string of the molecule is COc1ccc(-c2ccncc2)cc1COCC1(c2ccccc2)CCN(C(=O)O)CC1. The molecule has 0 radical (unpaired) electrons. The summed E-state index contributed by atoms with van der Waals surface area (Å²) in [6, 6.07) is 20.3. The molecule has 0 bridgehead atoms. The fourth-order valence-electron chi connectivity index (χ4n) is 4.41. The number of rotatable bonds is 7. The zero-order chi connectivity index (χ0) is 22.4. The molecule has 166 valence electrons. The number of ether oxygens (including phenoxy) is 2. The van der Waals surface area contributed by atoms with Crippen molar-refractivity contribution in [3.05, 3.63) is 84.2 Å². The molecular formula is C26H28N2O4. The first-order chi connectivity index (χ1) is 15.6. The molecule has 0 atom stereocenters. The molecule has 1 aromatic heterocycles. The summed E-state index contributed by atoms with van der Waals surface area (Å²) in [5.74, 6) is 0.789. The quantitative estimate of drug-likeness (QED) is 0.570. The molecule has 0 spiro atoms. The van der Waals surface area contributed by atoms with Crippen LogP contribution in [0.3, 0.4) is 0 Å². The van der Waals surface area contributed by atoms with Gasteiger partial charge in [0.2, 0.25) is 0 Å². The Labute approximate surface area is 188 Å². The van der Waals surface area contributed by atoms with Gasteiger partial charge in [-0.05, 0) is 53.8 Å². The van der Waals surface area contributed by atoms with Gasteiger partial charge in [0, 0.05) is 36.5 Å². The number of aromatic nitrogens is 1. The molecule has 2 aromatic carbocycles. The topological polar surface area (TPSA) is 71.9 Å². The van der Waals surface area contributed by atoms with Crippen molar-refractivity contribution >= 4 is 6.09 Å². The minimum Gasteiger partial charge on any atom is -0.496 e. The number of hydrogen-bond donors (Lipinski definition) is 1. The zero-order valence-electron chi connectivity index (χ0n) is 18.2. The van der Waals surface area contributed by atoms with Crippen molar-refractivity contribution < 1.29 is 19.4 Å². The van der Waals surface area contributed by atoms with Gasteiger partial charge in [-0.2, -0.15) is 0 Å². The van der Waals surface area contributed by atoms with Crippen LogP contribution in [0.15, 0.2) is 73.1 Å². The smallest absolute Gasteiger partial charge is 0.407 e. The van der Waals surface area contributed by atoms with Crippen LogP contribution in [-0.2, 0) is 16.8 Å². The standard InChI is InChI=1S/C26H28N2O4/c1-31-24-8-7-21(20-9-13-27-14-10-20)17-22(24)18-32-19-26(23-5-3-2-4-6-23)11-15-28(16-12-26)25(29)30/h2-10,13-14,17H,11-12,15-16,18-19H2,1H3,(H,29,30). The van der Waals surface area contributed by atoms with Gasteiger partial charge >= 0.3 is 6.09 Å². The highest BCUT2D eigenvalue weighted by Gasteiger charge is 2.37. The van der Waals surface area contributed by atoms with Crippen LogP contribution >= 0.6 is 0 Å². The Balaban J connectivity index is 1.51. The number of likely N-dealkylation sites (tertiary alicyclic amines) is 1. The molecule has 2 heterocycles. The number of methoxy groups -OCH3 is 1. The van der Waals surface area contributed by atoms with E-state index in [-0.39, 0.29) is 5.41 Å². The van der Waals surface area contributed by atoms with Crippen LogP contribution in [0.2, 0.25) is 0 Å². The minimum atomic E-state index is -0.856. The van der Waals surface area contributed by atoms with E-state index in [0.29, 0.717) is 26.3 Å².